The second-order valence-electron chi connectivity index (χ2n) is 5.53. The van der Waals surface area contributed by atoms with Crippen LogP contribution in [0.5, 0.6) is 0 Å². The summed E-state index contributed by atoms with van der Waals surface area (Å²) in [5.41, 5.74) is 1.15. The number of fused-ring (bicyclic) bond motifs is 4. The molecule has 1 aliphatic carbocycles. The van der Waals surface area contributed by atoms with Crippen molar-refractivity contribution >= 4 is 22.5 Å². The van der Waals surface area contributed by atoms with Crippen molar-refractivity contribution in [1.29, 1.82) is 0 Å². The molecule has 4 nitrogen and oxygen atoms in total. The van der Waals surface area contributed by atoms with Crippen molar-refractivity contribution in [2.45, 2.75) is 12.8 Å². The lowest BCUT2D eigenvalue weighted by Crippen LogP contribution is -2.13. The monoisotopic (exact) mass is 304 g/mol. The van der Waals surface area contributed by atoms with Gasteiger partial charge in [-0.05, 0) is 11.6 Å². The molecule has 0 saturated carbocycles. The van der Waals surface area contributed by atoms with Crippen LogP contribution in [0.3, 0.4) is 0 Å². The Morgan fingerprint density at radius 1 is 0.783 bits per heavy atom. The zero-order valence-corrected chi connectivity index (χ0v) is 12.2. The molecule has 0 spiro atoms. The molecule has 0 unspecified atom stereocenters. The van der Waals surface area contributed by atoms with Crippen LogP contribution in [0.1, 0.15) is 33.8 Å². The summed E-state index contributed by atoms with van der Waals surface area (Å²) in [6.07, 6.45) is 0.118. The normalized spacial score (nSPS) is 14.1. The largest absolute Gasteiger partial charge is 0.452 e. The molecule has 2 heterocycles. The van der Waals surface area contributed by atoms with Crippen LogP contribution >= 0.6 is 0 Å². The van der Waals surface area contributed by atoms with Gasteiger partial charge in [0.05, 0.1) is 10.9 Å². The van der Waals surface area contributed by atoms with E-state index in [1.54, 1.807) is 42.5 Å². The highest BCUT2D eigenvalue weighted by Crippen LogP contribution is 2.29. The average Bonchev–Trinajstić information content (AvgIpc) is 2.63. The van der Waals surface area contributed by atoms with Crippen LogP contribution in [-0.2, 0) is 0 Å². The molecule has 23 heavy (non-hydrogen) atoms. The fourth-order valence-corrected chi connectivity index (χ4v) is 3.01. The Bertz CT molecular complexity index is 1010. The first-order chi connectivity index (χ1) is 11.2. The maximum Gasteiger partial charge on any atom is 0.202 e. The van der Waals surface area contributed by atoms with Gasteiger partial charge in [0, 0.05) is 18.4 Å². The summed E-state index contributed by atoms with van der Waals surface area (Å²) in [7, 11) is 0. The van der Waals surface area contributed by atoms with Crippen molar-refractivity contribution in [3.63, 3.8) is 0 Å². The molecular weight excluding hydrogens is 292 g/mol. The first kappa shape index (κ1) is 13.6. The second kappa shape index (κ2) is 5.02. The Labute approximate surface area is 131 Å². The van der Waals surface area contributed by atoms with Gasteiger partial charge in [-0.25, -0.2) is 0 Å². The van der Waals surface area contributed by atoms with Crippen molar-refractivity contribution in [3.05, 3.63) is 70.1 Å². The van der Waals surface area contributed by atoms with Crippen molar-refractivity contribution in [2.75, 3.05) is 0 Å². The predicted molar refractivity (Wildman–Crippen MR) is 85.8 cm³/mol. The van der Waals surface area contributed by atoms with Crippen LogP contribution in [0.2, 0.25) is 0 Å². The number of hydrogen-bond donors (Lipinski definition) is 0. The molecule has 2 aliphatic rings. The van der Waals surface area contributed by atoms with Crippen LogP contribution in [0, 0.1) is 0 Å². The molecule has 0 atom stereocenters. The van der Waals surface area contributed by atoms with Crippen LogP contribution in [0.4, 0.5) is 0 Å². The summed E-state index contributed by atoms with van der Waals surface area (Å²) < 4.78 is 5.75. The van der Waals surface area contributed by atoms with E-state index < -0.39 is 0 Å². The van der Waals surface area contributed by atoms with E-state index in [4.69, 9.17) is 4.42 Å². The molecular formula is C19H12O4. The number of hydrogen-bond acceptors (Lipinski definition) is 4. The molecule has 0 amide bonds. The zero-order valence-electron chi connectivity index (χ0n) is 12.2. The smallest absolute Gasteiger partial charge is 0.202 e. The first-order valence-corrected chi connectivity index (χ1v) is 7.38. The van der Waals surface area contributed by atoms with Crippen LogP contribution < -0.4 is 5.43 Å². The fraction of sp³-hybridized carbons (Fsp3) is 0.105. The number of carbonyl (C=O) groups is 2. The minimum absolute atomic E-state index is 0.0374. The molecule has 4 heteroatoms. The molecule has 1 aliphatic heterocycles. The van der Waals surface area contributed by atoms with Gasteiger partial charge in [-0.15, -0.1) is 0 Å². The molecule has 5 rings (SSSR count). The Morgan fingerprint density at radius 3 is 2.30 bits per heavy atom. The predicted octanol–water partition coefficient (Wildman–Crippen LogP) is 3.62. The Hall–Kier alpha value is -3.01. The molecule has 2 aromatic carbocycles. The topological polar surface area (TPSA) is 64.3 Å². The van der Waals surface area contributed by atoms with Gasteiger partial charge < -0.3 is 4.42 Å². The third-order valence-electron chi connectivity index (χ3n) is 4.11. The van der Waals surface area contributed by atoms with Crippen LogP contribution in [-0.4, -0.2) is 11.6 Å². The van der Waals surface area contributed by atoms with E-state index >= 15 is 0 Å². The number of carbonyl (C=O) groups excluding carboxylic acids is 2. The molecule has 0 N–H and O–H groups in total. The highest BCUT2D eigenvalue weighted by atomic mass is 16.3. The summed E-state index contributed by atoms with van der Waals surface area (Å²) in [6.45, 7) is 0. The van der Waals surface area contributed by atoms with E-state index in [-0.39, 0.29) is 52.1 Å². The van der Waals surface area contributed by atoms with Gasteiger partial charge in [0.15, 0.2) is 17.3 Å². The summed E-state index contributed by atoms with van der Waals surface area (Å²) in [4.78, 5) is 37.9. The van der Waals surface area contributed by atoms with Crippen LogP contribution in [0.25, 0.3) is 22.1 Å². The van der Waals surface area contributed by atoms with Gasteiger partial charge in [-0.1, -0.05) is 42.5 Å². The number of rotatable bonds is 1. The van der Waals surface area contributed by atoms with Gasteiger partial charge in [0.25, 0.3) is 0 Å². The number of benzene rings is 2. The quantitative estimate of drug-likeness (QED) is 0.688. The van der Waals surface area contributed by atoms with E-state index in [1.165, 1.54) is 0 Å². The van der Waals surface area contributed by atoms with E-state index in [9.17, 15) is 14.4 Å². The molecule has 0 radical (unpaired) electrons. The highest BCUT2D eigenvalue weighted by Gasteiger charge is 2.27. The average molecular weight is 304 g/mol. The maximum absolute atomic E-state index is 13.0. The van der Waals surface area contributed by atoms with E-state index in [2.05, 4.69) is 0 Å². The minimum Gasteiger partial charge on any atom is -0.452 e. The van der Waals surface area contributed by atoms with Gasteiger partial charge in [0.2, 0.25) is 5.43 Å². The summed E-state index contributed by atoms with van der Waals surface area (Å²) in [6, 6.07) is 13.8. The Kier molecular flexibility index (Phi) is 2.98. The van der Waals surface area contributed by atoms with Gasteiger partial charge >= 0.3 is 0 Å². The lowest BCUT2D eigenvalue weighted by Gasteiger charge is -2.08. The summed E-state index contributed by atoms with van der Waals surface area (Å²) >= 11 is 0. The van der Waals surface area contributed by atoms with Crippen LogP contribution in [0.15, 0.2) is 57.7 Å². The Morgan fingerprint density at radius 2 is 1.52 bits per heavy atom. The summed E-state index contributed by atoms with van der Waals surface area (Å²) in [5, 5.41) is 0.259. The molecule has 3 aromatic rings. The summed E-state index contributed by atoms with van der Waals surface area (Å²) in [5.74, 6) is -0.484. The molecule has 1 aromatic heterocycles. The van der Waals surface area contributed by atoms with Crippen molar-refractivity contribution in [2.24, 2.45) is 0 Å². The minimum atomic E-state index is -0.327. The zero-order chi connectivity index (χ0) is 16.0. The molecule has 0 fully saturated rings. The van der Waals surface area contributed by atoms with Crippen molar-refractivity contribution in [3.8, 4) is 11.1 Å². The molecule has 112 valence electrons. The van der Waals surface area contributed by atoms with Gasteiger partial charge in [-0.3, -0.25) is 14.4 Å². The highest BCUT2D eigenvalue weighted by molar-refractivity contribution is 6.12. The third kappa shape index (κ3) is 2.03. The standard InChI is InChI=1S/C19H12O4/c20-13-9-10-14(21)19-16(11-5-2-1-3-6-11)18(22)17-12(13)7-4-8-15(17)23-19/h1-8H,9-10H2. The van der Waals surface area contributed by atoms with E-state index in [1.807, 2.05) is 6.07 Å². The molecule has 0 saturated heterocycles. The van der Waals surface area contributed by atoms with Crippen molar-refractivity contribution < 1.29 is 14.0 Å². The third-order valence-corrected chi connectivity index (χ3v) is 4.11. The molecule has 4 bridgehead atoms. The van der Waals surface area contributed by atoms with Crippen molar-refractivity contribution in [1.82, 2.24) is 0 Å². The number of Topliss-reactive ketones (excluding diaryl/α,β-unsaturated/α-hetero) is 2. The van der Waals surface area contributed by atoms with E-state index in [0.717, 1.165) is 0 Å². The fourth-order valence-electron chi connectivity index (χ4n) is 3.01. The maximum atomic E-state index is 13.0. The number of ketones is 2. The second-order valence-corrected chi connectivity index (χ2v) is 5.53. The van der Waals surface area contributed by atoms with E-state index in [0.29, 0.717) is 11.1 Å². The first-order valence-electron chi connectivity index (χ1n) is 7.38. The lowest BCUT2D eigenvalue weighted by molar-refractivity contribution is 0.0906. The Balaban J connectivity index is 2.22. The van der Waals surface area contributed by atoms with Gasteiger partial charge in [-0.2, -0.15) is 0 Å². The lowest BCUT2D eigenvalue weighted by atomic mass is 9.99. The SMILES string of the molecule is O=C1CCC(=O)c2cccc3oc1c(-c1ccccc1)c(=O)c23. The van der Waals surface area contributed by atoms with Gasteiger partial charge in [0.1, 0.15) is 5.58 Å².